The number of fused-ring (bicyclic) bond motifs is 1. The Labute approximate surface area is 133 Å². The normalized spacial score (nSPS) is 14.0. The van der Waals surface area contributed by atoms with Crippen LogP contribution in [0.1, 0.15) is 21.7 Å². The Kier molecular flexibility index (Phi) is 4.24. The second-order valence-electron chi connectivity index (χ2n) is 5.32. The van der Waals surface area contributed by atoms with Crippen molar-refractivity contribution in [1.82, 2.24) is 19.8 Å². The number of aryl methyl sites for hydroxylation is 2. The quantitative estimate of drug-likeness (QED) is 0.922. The van der Waals surface area contributed by atoms with Crippen molar-refractivity contribution < 1.29 is 9.53 Å². The van der Waals surface area contributed by atoms with Gasteiger partial charge in [-0.3, -0.25) is 0 Å². The van der Waals surface area contributed by atoms with E-state index in [1.54, 1.807) is 4.90 Å². The number of urea groups is 1. The first-order chi connectivity index (χ1) is 10.6. The van der Waals surface area contributed by atoms with Crippen molar-refractivity contribution in [2.24, 2.45) is 0 Å². The number of hydrogen-bond donors (Lipinski definition) is 1. The van der Waals surface area contributed by atoms with Crippen LogP contribution >= 0.6 is 11.5 Å². The summed E-state index contributed by atoms with van der Waals surface area (Å²) in [7, 11) is 0. The number of rotatable bonds is 2. The number of aromatic nitrogens is 2. The van der Waals surface area contributed by atoms with Crippen LogP contribution in [0.4, 0.5) is 4.79 Å². The zero-order chi connectivity index (χ0) is 15.5. The molecule has 3 rings (SSSR count). The Morgan fingerprint density at radius 3 is 3.09 bits per heavy atom. The van der Waals surface area contributed by atoms with E-state index in [0.29, 0.717) is 26.2 Å². The maximum Gasteiger partial charge on any atom is 0.318 e. The number of amides is 2. The Morgan fingerprint density at radius 1 is 1.45 bits per heavy atom. The maximum absolute atomic E-state index is 12.4. The van der Waals surface area contributed by atoms with E-state index in [0.717, 1.165) is 27.4 Å². The molecule has 2 amide bonds. The van der Waals surface area contributed by atoms with Gasteiger partial charge in [0, 0.05) is 5.56 Å². The average Bonchev–Trinajstić information content (AvgIpc) is 2.79. The summed E-state index contributed by atoms with van der Waals surface area (Å²) in [6, 6.07) is 5.97. The summed E-state index contributed by atoms with van der Waals surface area (Å²) in [5.74, 6) is 0.864. The molecule has 0 atom stereocenters. The lowest BCUT2D eigenvalue weighted by Crippen LogP contribution is -2.40. The second-order valence-corrected chi connectivity index (χ2v) is 6.16. The van der Waals surface area contributed by atoms with Crippen LogP contribution in [0, 0.1) is 13.8 Å². The number of nitrogens with zero attached hydrogens (tertiary/aromatic N) is 3. The molecule has 0 aliphatic carbocycles. The summed E-state index contributed by atoms with van der Waals surface area (Å²) in [6.45, 7) is 6.02. The lowest BCUT2D eigenvalue weighted by molar-refractivity contribution is 0.187. The van der Waals surface area contributed by atoms with Crippen LogP contribution in [0.3, 0.4) is 0 Å². The number of benzene rings is 1. The zero-order valence-corrected chi connectivity index (χ0v) is 13.4. The molecule has 0 saturated carbocycles. The molecule has 22 heavy (non-hydrogen) atoms. The van der Waals surface area contributed by atoms with Crippen LogP contribution in [0.5, 0.6) is 5.75 Å². The summed E-state index contributed by atoms with van der Waals surface area (Å²) in [5, 5.41) is 6.88. The van der Waals surface area contributed by atoms with Crippen molar-refractivity contribution in [2.75, 3.05) is 13.2 Å². The fraction of sp³-hybridized carbons (Fsp3) is 0.400. The number of carbonyl (C=O) groups excluding carboxylic acids is 1. The largest absolute Gasteiger partial charge is 0.491 e. The predicted octanol–water partition coefficient (Wildman–Crippen LogP) is 2.26. The topological polar surface area (TPSA) is 67.4 Å². The highest BCUT2D eigenvalue weighted by atomic mass is 32.1. The molecule has 1 N–H and O–H groups in total. The van der Waals surface area contributed by atoms with Gasteiger partial charge in [0.2, 0.25) is 0 Å². The van der Waals surface area contributed by atoms with Gasteiger partial charge in [0.25, 0.3) is 0 Å². The third-order valence-electron chi connectivity index (χ3n) is 3.63. The molecule has 7 heteroatoms. The summed E-state index contributed by atoms with van der Waals surface area (Å²) in [5.41, 5.74) is 3.07. The first kappa shape index (κ1) is 14.8. The van der Waals surface area contributed by atoms with Crippen molar-refractivity contribution >= 4 is 17.6 Å². The van der Waals surface area contributed by atoms with Gasteiger partial charge in [-0.25, -0.2) is 4.79 Å². The molecular weight excluding hydrogens is 300 g/mol. The summed E-state index contributed by atoms with van der Waals surface area (Å²) >= 11 is 1.31. The highest BCUT2D eigenvalue weighted by Gasteiger charge is 2.20. The standard InChI is InChI=1S/C15H18N4O2S/c1-10-3-4-13-12(7-10)9-19(5-6-21-13)15(20)16-8-14-11(2)17-18-22-14/h3-4,7H,5-6,8-9H2,1-2H3,(H,16,20). The van der Waals surface area contributed by atoms with E-state index in [1.165, 1.54) is 11.5 Å². The smallest absolute Gasteiger partial charge is 0.318 e. The van der Waals surface area contributed by atoms with E-state index in [4.69, 9.17) is 4.74 Å². The second kappa shape index (κ2) is 6.31. The van der Waals surface area contributed by atoms with Crippen molar-refractivity contribution in [3.8, 4) is 5.75 Å². The molecule has 0 bridgehead atoms. The van der Waals surface area contributed by atoms with Crippen LogP contribution in [0.2, 0.25) is 0 Å². The minimum absolute atomic E-state index is 0.0919. The van der Waals surface area contributed by atoms with E-state index in [9.17, 15) is 4.79 Å². The van der Waals surface area contributed by atoms with E-state index in [2.05, 4.69) is 21.0 Å². The fourth-order valence-electron chi connectivity index (χ4n) is 2.38. The molecular formula is C15H18N4O2S. The monoisotopic (exact) mass is 318 g/mol. The molecule has 0 unspecified atom stereocenters. The van der Waals surface area contributed by atoms with Crippen LogP contribution in [0.25, 0.3) is 0 Å². The first-order valence-electron chi connectivity index (χ1n) is 7.16. The fourth-order valence-corrected chi connectivity index (χ4v) is 2.95. The van der Waals surface area contributed by atoms with Gasteiger partial charge in [-0.1, -0.05) is 22.2 Å². The minimum atomic E-state index is -0.0919. The Morgan fingerprint density at radius 2 is 2.32 bits per heavy atom. The molecule has 0 fully saturated rings. The minimum Gasteiger partial charge on any atom is -0.491 e. The molecule has 2 heterocycles. The van der Waals surface area contributed by atoms with Crippen molar-refractivity contribution in [2.45, 2.75) is 26.9 Å². The van der Waals surface area contributed by atoms with Gasteiger partial charge in [0.05, 0.1) is 30.2 Å². The molecule has 0 saturated heterocycles. The summed E-state index contributed by atoms with van der Waals surface area (Å²) in [6.07, 6.45) is 0. The molecule has 1 aliphatic heterocycles. The molecule has 1 aromatic heterocycles. The zero-order valence-electron chi connectivity index (χ0n) is 12.6. The third-order valence-corrected chi connectivity index (χ3v) is 4.45. The molecule has 1 aromatic carbocycles. The molecule has 116 valence electrons. The average molecular weight is 318 g/mol. The van der Waals surface area contributed by atoms with Gasteiger partial charge in [-0.2, -0.15) is 0 Å². The van der Waals surface area contributed by atoms with Crippen LogP contribution in [-0.4, -0.2) is 33.7 Å². The highest BCUT2D eigenvalue weighted by Crippen LogP contribution is 2.24. The summed E-state index contributed by atoms with van der Waals surface area (Å²) < 4.78 is 9.59. The van der Waals surface area contributed by atoms with Crippen LogP contribution < -0.4 is 10.1 Å². The van der Waals surface area contributed by atoms with Crippen molar-refractivity contribution in [3.05, 3.63) is 39.9 Å². The molecule has 1 aliphatic rings. The van der Waals surface area contributed by atoms with Crippen molar-refractivity contribution in [3.63, 3.8) is 0 Å². The molecule has 0 spiro atoms. The number of ether oxygens (including phenoxy) is 1. The number of nitrogens with one attached hydrogen (secondary N) is 1. The van der Waals surface area contributed by atoms with Gasteiger partial charge < -0.3 is 15.0 Å². The first-order valence-corrected chi connectivity index (χ1v) is 7.94. The van der Waals surface area contributed by atoms with E-state index in [1.807, 2.05) is 26.0 Å². The Bertz CT molecular complexity index is 686. The van der Waals surface area contributed by atoms with Gasteiger partial charge in [-0.05, 0) is 31.4 Å². The number of hydrogen-bond acceptors (Lipinski definition) is 5. The van der Waals surface area contributed by atoms with Crippen molar-refractivity contribution in [1.29, 1.82) is 0 Å². The van der Waals surface area contributed by atoms with Gasteiger partial charge in [0.1, 0.15) is 12.4 Å². The Hall–Kier alpha value is -2.15. The lowest BCUT2D eigenvalue weighted by atomic mass is 10.1. The molecule has 6 nitrogen and oxygen atoms in total. The number of carbonyl (C=O) groups is 1. The molecule has 0 radical (unpaired) electrons. The lowest BCUT2D eigenvalue weighted by Gasteiger charge is -2.20. The van der Waals surface area contributed by atoms with Gasteiger partial charge >= 0.3 is 6.03 Å². The predicted molar refractivity (Wildman–Crippen MR) is 84.0 cm³/mol. The van der Waals surface area contributed by atoms with Crippen LogP contribution in [-0.2, 0) is 13.1 Å². The van der Waals surface area contributed by atoms with E-state index < -0.39 is 0 Å². The summed E-state index contributed by atoms with van der Waals surface area (Å²) in [4.78, 5) is 15.1. The maximum atomic E-state index is 12.4. The van der Waals surface area contributed by atoms with E-state index >= 15 is 0 Å². The molecule has 2 aromatic rings. The van der Waals surface area contributed by atoms with Crippen LogP contribution in [0.15, 0.2) is 18.2 Å². The van der Waals surface area contributed by atoms with Gasteiger partial charge in [0.15, 0.2) is 0 Å². The third kappa shape index (κ3) is 3.19. The highest BCUT2D eigenvalue weighted by molar-refractivity contribution is 7.05. The van der Waals surface area contributed by atoms with Gasteiger partial charge in [-0.15, -0.1) is 5.10 Å². The SMILES string of the molecule is Cc1ccc2c(c1)CN(C(=O)NCc1snnc1C)CCO2. The Balaban J connectivity index is 1.66. The van der Waals surface area contributed by atoms with E-state index in [-0.39, 0.29) is 6.03 Å².